The smallest absolute Gasteiger partial charge is 0.335 e. The summed E-state index contributed by atoms with van der Waals surface area (Å²) in [6.07, 6.45) is 0. The number of hydrogen-bond donors (Lipinski definition) is 1. The highest BCUT2D eigenvalue weighted by molar-refractivity contribution is 5.87. The predicted molar refractivity (Wildman–Crippen MR) is 67.2 cm³/mol. The van der Waals surface area contributed by atoms with Crippen LogP contribution in [-0.2, 0) is 0 Å². The first-order valence-corrected chi connectivity index (χ1v) is 5.88. The highest BCUT2D eigenvalue weighted by Gasteiger charge is 2.16. The molecule has 0 saturated carbocycles. The molecule has 1 unspecified atom stereocenters. The van der Waals surface area contributed by atoms with Gasteiger partial charge in [-0.05, 0) is 35.4 Å². The number of halogens is 3. The first-order valence-electron chi connectivity index (χ1n) is 5.88. The van der Waals surface area contributed by atoms with E-state index in [0.29, 0.717) is 5.56 Å². The first kappa shape index (κ1) is 14.1. The van der Waals surface area contributed by atoms with Gasteiger partial charge in [0.05, 0.1) is 5.56 Å². The molecule has 20 heavy (non-hydrogen) atoms. The lowest BCUT2D eigenvalue weighted by Crippen LogP contribution is -2.02. The average Bonchev–Trinajstić information content (AvgIpc) is 2.43. The van der Waals surface area contributed by atoms with Crippen molar-refractivity contribution >= 4 is 5.97 Å². The summed E-state index contributed by atoms with van der Waals surface area (Å²) in [5, 5.41) is 8.79. The molecule has 5 heteroatoms. The second-order valence-electron chi connectivity index (χ2n) is 4.45. The SMILES string of the molecule is CC(c1ccc(C(=O)O)cc1)c1cc(F)c(F)c(F)c1. The zero-order chi connectivity index (χ0) is 14.9. The summed E-state index contributed by atoms with van der Waals surface area (Å²) in [4.78, 5) is 10.7. The Morgan fingerprint density at radius 3 is 1.95 bits per heavy atom. The van der Waals surface area contributed by atoms with E-state index >= 15 is 0 Å². The summed E-state index contributed by atoms with van der Waals surface area (Å²) in [6, 6.07) is 7.82. The number of hydrogen-bond acceptors (Lipinski definition) is 1. The van der Waals surface area contributed by atoms with E-state index in [2.05, 4.69) is 0 Å². The van der Waals surface area contributed by atoms with Crippen LogP contribution in [0.25, 0.3) is 0 Å². The van der Waals surface area contributed by atoms with Crippen molar-refractivity contribution in [1.82, 2.24) is 0 Å². The van der Waals surface area contributed by atoms with Crippen LogP contribution in [0.15, 0.2) is 36.4 Å². The van der Waals surface area contributed by atoms with Gasteiger partial charge in [0, 0.05) is 5.92 Å². The third kappa shape index (κ3) is 2.66. The number of aromatic carboxylic acids is 1. The van der Waals surface area contributed by atoms with E-state index in [0.717, 1.165) is 12.1 Å². The van der Waals surface area contributed by atoms with E-state index in [1.165, 1.54) is 12.1 Å². The lowest BCUT2D eigenvalue weighted by molar-refractivity contribution is 0.0697. The van der Waals surface area contributed by atoms with Crippen molar-refractivity contribution in [3.63, 3.8) is 0 Å². The Bertz CT molecular complexity index is 628. The van der Waals surface area contributed by atoms with Crippen LogP contribution in [0.4, 0.5) is 13.2 Å². The van der Waals surface area contributed by atoms with E-state index in [1.54, 1.807) is 19.1 Å². The molecular weight excluding hydrogens is 269 g/mol. The van der Waals surface area contributed by atoms with Gasteiger partial charge in [-0.1, -0.05) is 19.1 Å². The van der Waals surface area contributed by atoms with E-state index in [4.69, 9.17) is 5.11 Å². The molecule has 104 valence electrons. The average molecular weight is 280 g/mol. The minimum absolute atomic E-state index is 0.123. The second kappa shape index (κ2) is 5.36. The number of carboxylic acid groups (broad SMARTS) is 1. The van der Waals surface area contributed by atoms with Crippen molar-refractivity contribution in [1.29, 1.82) is 0 Å². The molecule has 0 aliphatic rings. The molecule has 2 aromatic rings. The quantitative estimate of drug-likeness (QED) is 0.864. The summed E-state index contributed by atoms with van der Waals surface area (Å²) >= 11 is 0. The largest absolute Gasteiger partial charge is 0.478 e. The highest BCUT2D eigenvalue weighted by Crippen LogP contribution is 2.26. The minimum Gasteiger partial charge on any atom is -0.478 e. The standard InChI is InChI=1S/C15H11F3O2/c1-8(9-2-4-10(5-3-9)15(19)20)11-6-12(16)14(18)13(17)7-11/h2-8H,1H3,(H,19,20). The van der Waals surface area contributed by atoms with Gasteiger partial charge in [0.2, 0.25) is 0 Å². The summed E-state index contributed by atoms with van der Waals surface area (Å²) in [6.45, 7) is 1.70. The molecule has 1 atom stereocenters. The van der Waals surface area contributed by atoms with Crippen molar-refractivity contribution in [3.05, 3.63) is 70.5 Å². The Hall–Kier alpha value is -2.30. The fourth-order valence-corrected chi connectivity index (χ4v) is 1.93. The molecule has 0 aliphatic carbocycles. The Morgan fingerprint density at radius 1 is 1.00 bits per heavy atom. The lowest BCUT2D eigenvalue weighted by Gasteiger charge is -2.13. The molecule has 0 aliphatic heterocycles. The van der Waals surface area contributed by atoms with Crippen LogP contribution in [0, 0.1) is 17.5 Å². The number of carbonyl (C=O) groups is 1. The summed E-state index contributed by atoms with van der Waals surface area (Å²) < 4.78 is 39.3. The van der Waals surface area contributed by atoms with Crippen LogP contribution in [-0.4, -0.2) is 11.1 Å². The van der Waals surface area contributed by atoms with Gasteiger partial charge >= 0.3 is 5.97 Å². The monoisotopic (exact) mass is 280 g/mol. The van der Waals surface area contributed by atoms with Gasteiger partial charge in [-0.25, -0.2) is 18.0 Å². The lowest BCUT2D eigenvalue weighted by atomic mass is 9.92. The molecule has 0 fully saturated rings. The minimum atomic E-state index is -1.50. The molecule has 2 aromatic carbocycles. The normalized spacial score (nSPS) is 12.2. The van der Waals surface area contributed by atoms with Crippen molar-refractivity contribution in [2.24, 2.45) is 0 Å². The molecule has 0 amide bonds. The summed E-state index contributed by atoms with van der Waals surface area (Å²) in [5.41, 5.74) is 1.09. The maximum atomic E-state index is 13.2. The van der Waals surface area contributed by atoms with Crippen molar-refractivity contribution in [3.8, 4) is 0 Å². The van der Waals surface area contributed by atoms with Gasteiger partial charge in [0.25, 0.3) is 0 Å². The predicted octanol–water partition coefficient (Wildman–Crippen LogP) is 3.95. The van der Waals surface area contributed by atoms with Crippen LogP contribution in [0.5, 0.6) is 0 Å². The van der Waals surface area contributed by atoms with Crippen molar-refractivity contribution < 1.29 is 23.1 Å². The second-order valence-corrected chi connectivity index (χ2v) is 4.45. The Kier molecular flexibility index (Phi) is 3.79. The van der Waals surface area contributed by atoms with Gasteiger partial charge in [0.15, 0.2) is 17.5 Å². The van der Waals surface area contributed by atoms with Crippen LogP contribution >= 0.6 is 0 Å². The topological polar surface area (TPSA) is 37.3 Å². The Morgan fingerprint density at radius 2 is 1.50 bits per heavy atom. The molecule has 0 spiro atoms. The fourth-order valence-electron chi connectivity index (χ4n) is 1.93. The molecule has 0 radical (unpaired) electrons. The van der Waals surface area contributed by atoms with Crippen molar-refractivity contribution in [2.45, 2.75) is 12.8 Å². The van der Waals surface area contributed by atoms with E-state index in [-0.39, 0.29) is 17.0 Å². The van der Waals surface area contributed by atoms with Crippen molar-refractivity contribution in [2.75, 3.05) is 0 Å². The molecular formula is C15H11F3O2. The van der Waals surface area contributed by atoms with Crippen LogP contribution in [0.1, 0.15) is 34.3 Å². The molecule has 0 saturated heterocycles. The van der Waals surface area contributed by atoms with Gasteiger partial charge in [-0.2, -0.15) is 0 Å². The zero-order valence-corrected chi connectivity index (χ0v) is 10.5. The molecule has 0 aromatic heterocycles. The molecule has 1 N–H and O–H groups in total. The van der Waals surface area contributed by atoms with E-state index < -0.39 is 23.4 Å². The van der Waals surface area contributed by atoms with Crippen LogP contribution in [0.2, 0.25) is 0 Å². The van der Waals surface area contributed by atoms with E-state index in [1.807, 2.05) is 0 Å². The molecule has 2 nitrogen and oxygen atoms in total. The fraction of sp³-hybridized carbons (Fsp3) is 0.133. The number of benzene rings is 2. The summed E-state index contributed by atoms with van der Waals surface area (Å²) in [7, 11) is 0. The van der Waals surface area contributed by atoms with Gasteiger partial charge in [-0.15, -0.1) is 0 Å². The molecule has 0 heterocycles. The van der Waals surface area contributed by atoms with Gasteiger partial charge in [0.1, 0.15) is 0 Å². The Balaban J connectivity index is 2.35. The van der Waals surface area contributed by atoms with Crippen LogP contribution < -0.4 is 0 Å². The zero-order valence-electron chi connectivity index (χ0n) is 10.5. The highest BCUT2D eigenvalue weighted by atomic mass is 19.2. The maximum Gasteiger partial charge on any atom is 0.335 e. The maximum absolute atomic E-state index is 13.2. The third-order valence-corrected chi connectivity index (χ3v) is 3.16. The third-order valence-electron chi connectivity index (χ3n) is 3.16. The van der Waals surface area contributed by atoms with Gasteiger partial charge < -0.3 is 5.11 Å². The van der Waals surface area contributed by atoms with E-state index in [9.17, 15) is 18.0 Å². The summed E-state index contributed by atoms with van der Waals surface area (Å²) in [5.74, 6) is -5.42. The first-order chi connectivity index (χ1) is 9.40. The number of rotatable bonds is 3. The Labute approximate surface area is 113 Å². The molecule has 2 rings (SSSR count). The van der Waals surface area contributed by atoms with Gasteiger partial charge in [-0.3, -0.25) is 0 Å². The molecule has 0 bridgehead atoms. The number of carboxylic acids is 1. The van der Waals surface area contributed by atoms with Crippen LogP contribution in [0.3, 0.4) is 0 Å².